The van der Waals surface area contributed by atoms with Crippen LogP contribution in [0.2, 0.25) is 5.02 Å². The number of nitrogens with zero attached hydrogens (tertiary/aromatic N) is 1. The van der Waals surface area contributed by atoms with Gasteiger partial charge in [0.1, 0.15) is 0 Å². The number of amides is 1. The zero-order valence-electron chi connectivity index (χ0n) is 17.0. The monoisotopic (exact) mass is 442 g/mol. The minimum atomic E-state index is -3.70. The fourth-order valence-corrected chi connectivity index (χ4v) is 4.30. The lowest BCUT2D eigenvalue weighted by atomic mass is 10.1. The Labute approximate surface area is 182 Å². The molecule has 0 aromatic heterocycles. The van der Waals surface area contributed by atoms with Crippen molar-refractivity contribution in [3.63, 3.8) is 0 Å². The van der Waals surface area contributed by atoms with E-state index in [-0.39, 0.29) is 17.2 Å². The van der Waals surface area contributed by atoms with Crippen molar-refractivity contribution in [1.82, 2.24) is 0 Å². The Kier molecular flexibility index (Phi) is 6.48. The predicted octanol–water partition coefficient (Wildman–Crippen LogP) is 4.96. The lowest BCUT2D eigenvalue weighted by Gasteiger charge is -2.20. The number of carbonyl (C=O) groups is 1. The topological polar surface area (TPSA) is 66.5 Å². The summed E-state index contributed by atoms with van der Waals surface area (Å²) in [4.78, 5) is 12.6. The maximum atomic E-state index is 12.8. The van der Waals surface area contributed by atoms with E-state index in [0.717, 1.165) is 22.4 Å². The third-order valence-electron chi connectivity index (χ3n) is 4.80. The Hall–Kier alpha value is -2.83. The number of sulfonamides is 1. The number of hydrogen-bond donors (Lipinski definition) is 1. The van der Waals surface area contributed by atoms with Crippen molar-refractivity contribution in [2.24, 2.45) is 0 Å². The molecule has 156 valence electrons. The van der Waals surface area contributed by atoms with Gasteiger partial charge in [0.05, 0.1) is 17.0 Å². The van der Waals surface area contributed by atoms with E-state index < -0.39 is 10.0 Å². The summed E-state index contributed by atoms with van der Waals surface area (Å²) >= 11 is 5.84. The molecule has 5 nitrogen and oxygen atoms in total. The van der Waals surface area contributed by atoms with Crippen LogP contribution in [0.5, 0.6) is 0 Å². The number of halogens is 1. The van der Waals surface area contributed by atoms with Crippen molar-refractivity contribution in [2.45, 2.75) is 25.2 Å². The first-order valence-electron chi connectivity index (χ1n) is 9.37. The van der Waals surface area contributed by atoms with E-state index >= 15 is 0 Å². The van der Waals surface area contributed by atoms with Crippen molar-refractivity contribution in [2.75, 3.05) is 16.7 Å². The first-order chi connectivity index (χ1) is 14.2. The molecular formula is C23H23ClN2O3S. The number of hydrogen-bond acceptors (Lipinski definition) is 3. The molecule has 0 bridgehead atoms. The molecule has 0 spiro atoms. The molecule has 3 aromatic carbocycles. The summed E-state index contributed by atoms with van der Waals surface area (Å²) in [6.07, 6.45) is 0.196. The average Bonchev–Trinajstić information content (AvgIpc) is 2.71. The van der Waals surface area contributed by atoms with Crippen LogP contribution in [0, 0.1) is 13.8 Å². The molecule has 0 radical (unpaired) electrons. The van der Waals surface area contributed by atoms with E-state index in [0.29, 0.717) is 10.7 Å². The number of rotatable bonds is 6. The molecule has 0 aliphatic rings. The first-order valence-corrected chi connectivity index (χ1v) is 11.2. The molecule has 0 fully saturated rings. The van der Waals surface area contributed by atoms with Crippen molar-refractivity contribution >= 4 is 38.9 Å². The predicted molar refractivity (Wildman–Crippen MR) is 122 cm³/mol. The summed E-state index contributed by atoms with van der Waals surface area (Å²) in [7, 11) is -2.21. The average molecular weight is 443 g/mol. The maximum absolute atomic E-state index is 12.8. The van der Waals surface area contributed by atoms with E-state index in [2.05, 4.69) is 5.32 Å². The Bertz CT molecular complexity index is 1160. The Morgan fingerprint density at radius 3 is 2.23 bits per heavy atom. The van der Waals surface area contributed by atoms with Crippen molar-refractivity contribution in [3.8, 4) is 0 Å². The second-order valence-electron chi connectivity index (χ2n) is 7.14. The van der Waals surface area contributed by atoms with Crippen LogP contribution in [0.4, 0.5) is 11.4 Å². The van der Waals surface area contributed by atoms with Gasteiger partial charge in [-0.05, 0) is 73.0 Å². The molecule has 0 unspecified atom stereocenters. The fourth-order valence-electron chi connectivity index (χ4n) is 2.98. The molecule has 0 saturated carbocycles. The van der Waals surface area contributed by atoms with E-state index in [1.165, 1.54) is 23.5 Å². The minimum Gasteiger partial charge on any atom is -0.326 e. The van der Waals surface area contributed by atoms with Gasteiger partial charge in [-0.3, -0.25) is 9.10 Å². The van der Waals surface area contributed by atoms with Gasteiger partial charge >= 0.3 is 0 Å². The van der Waals surface area contributed by atoms with E-state index in [1.807, 2.05) is 32.0 Å². The lowest BCUT2D eigenvalue weighted by Crippen LogP contribution is -2.26. The van der Waals surface area contributed by atoms with Crippen LogP contribution in [-0.4, -0.2) is 21.4 Å². The second-order valence-corrected chi connectivity index (χ2v) is 9.54. The number of nitrogens with one attached hydrogen (secondary N) is 1. The van der Waals surface area contributed by atoms with Crippen LogP contribution in [0.3, 0.4) is 0 Å². The molecule has 7 heteroatoms. The molecule has 3 rings (SSSR count). The summed E-state index contributed by atoms with van der Waals surface area (Å²) in [5, 5.41) is 3.40. The summed E-state index contributed by atoms with van der Waals surface area (Å²) < 4.78 is 26.8. The highest BCUT2D eigenvalue weighted by atomic mass is 35.5. The smallest absolute Gasteiger partial charge is 0.264 e. The van der Waals surface area contributed by atoms with Gasteiger partial charge in [-0.25, -0.2) is 8.42 Å². The SMILES string of the molecule is Cc1ccc(C)c(NC(=O)Cc2ccc(N(C)S(=O)(=O)c3ccc(Cl)cc3)cc2)c1. The van der Waals surface area contributed by atoms with Crippen LogP contribution in [0.25, 0.3) is 0 Å². The third-order valence-corrected chi connectivity index (χ3v) is 6.86. The maximum Gasteiger partial charge on any atom is 0.264 e. The number of benzene rings is 3. The molecule has 1 N–H and O–H groups in total. The highest BCUT2D eigenvalue weighted by Crippen LogP contribution is 2.24. The van der Waals surface area contributed by atoms with Gasteiger partial charge in [0.15, 0.2) is 0 Å². The van der Waals surface area contributed by atoms with Gasteiger partial charge in [0, 0.05) is 17.8 Å². The summed E-state index contributed by atoms with van der Waals surface area (Å²) in [5.41, 5.74) is 4.16. The van der Waals surface area contributed by atoms with Gasteiger partial charge in [0.25, 0.3) is 10.0 Å². The van der Waals surface area contributed by atoms with Gasteiger partial charge < -0.3 is 5.32 Å². The summed E-state index contributed by atoms with van der Waals surface area (Å²) in [6, 6.07) is 18.8. The normalized spacial score (nSPS) is 11.2. The van der Waals surface area contributed by atoms with Crippen molar-refractivity contribution in [1.29, 1.82) is 0 Å². The largest absolute Gasteiger partial charge is 0.326 e. The molecule has 0 saturated heterocycles. The molecule has 3 aromatic rings. The molecule has 0 heterocycles. The van der Waals surface area contributed by atoms with Gasteiger partial charge in [-0.2, -0.15) is 0 Å². The molecule has 0 aliphatic carbocycles. The third kappa shape index (κ3) is 5.01. The zero-order chi connectivity index (χ0) is 21.9. The Morgan fingerprint density at radius 2 is 1.60 bits per heavy atom. The Balaban J connectivity index is 1.70. The highest BCUT2D eigenvalue weighted by molar-refractivity contribution is 7.92. The second kappa shape index (κ2) is 8.90. The lowest BCUT2D eigenvalue weighted by molar-refractivity contribution is -0.115. The molecule has 0 atom stereocenters. The van der Waals surface area contributed by atoms with Crippen molar-refractivity contribution in [3.05, 3.63) is 88.4 Å². The van der Waals surface area contributed by atoms with E-state index in [4.69, 9.17) is 11.6 Å². The first kappa shape index (κ1) is 21.9. The molecule has 30 heavy (non-hydrogen) atoms. The highest BCUT2D eigenvalue weighted by Gasteiger charge is 2.21. The van der Waals surface area contributed by atoms with Gasteiger partial charge in [-0.15, -0.1) is 0 Å². The van der Waals surface area contributed by atoms with E-state index in [9.17, 15) is 13.2 Å². The van der Waals surface area contributed by atoms with Gasteiger partial charge in [0.2, 0.25) is 5.91 Å². The molecule has 1 amide bonds. The van der Waals surface area contributed by atoms with Crippen LogP contribution >= 0.6 is 11.6 Å². The van der Waals surface area contributed by atoms with Crippen LogP contribution in [0.15, 0.2) is 71.6 Å². The quantitative estimate of drug-likeness (QED) is 0.586. The van der Waals surface area contributed by atoms with Crippen molar-refractivity contribution < 1.29 is 13.2 Å². The van der Waals surface area contributed by atoms with Gasteiger partial charge in [-0.1, -0.05) is 35.9 Å². The van der Waals surface area contributed by atoms with Crippen LogP contribution in [-0.2, 0) is 21.2 Å². The number of anilines is 2. The Morgan fingerprint density at radius 1 is 0.967 bits per heavy atom. The van der Waals surface area contributed by atoms with Crippen LogP contribution < -0.4 is 9.62 Å². The van der Waals surface area contributed by atoms with E-state index in [1.54, 1.807) is 36.4 Å². The molecule has 0 aliphatic heterocycles. The minimum absolute atomic E-state index is 0.126. The molecular weight excluding hydrogens is 420 g/mol. The summed E-state index contributed by atoms with van der Waals surface area (Å²) in [5.74, 6) is -0.126. The zero-order valence-corrected chi connectivity index (χ0v) is 18.6. The summed E-state index contributed by atoms with van der Waals surface area (Å²) in [6.45, 7) is 3.92. The number of carbonyl (C=O) groups excluding carboxylic acids is 1. The fraction of sp³-hybridized carbons (Fsp3) is 0.174. The number of aryl methyl sites for hydroxylation is 2. The van der Waals surface area contributed by atoms with Crippen LogP contribution in [0.1, 0.15) is 16.7 Å². The standard InChI is InChI=1S/C23H23ClN2O3S/c1-16-4-5-17(2)22(14-16)25-23(27)15-18-6-10-20(11-7-18)26(3)30(28,29)21-12-8-19(24)9-13-21/h4-14H,15H2,1-3H3,(H,25,27).